The fraction of sp³-hybridized carbons (Fsp3) is 0.667. The topological polar surface area (TPSA) is 77.8 Å². The minimum Gasteiger partial charge on any atom is -0.479 e. The summed E-state index contributed by atoms with van der Waals surface area (Å²) < 4.78 is 0. The Labute approximate surface area is 148 Å². The van der Waals surface area contributed by atoms with Crippen LogP contribution in [0, 0.1) is 28.6 Å². The molecule has 0 aromatic heterocycles. The van der Waals surface area contributed by atoms with E-state index >= 15 is 0 Å². The van der Waals surface area contributed by atoms with E-state index in [0.29, 0.717) is 12.8 Å². The molecule has 0 aliphatic heterocycles. The van der Waals surface area contributed by atoms with Crippen LogP contribution >= 0.6 is 0 Å². The van der Waals surface area contributed by atoms with Crippen molar-refractivity contribution < 1.29 is 20.1 Å². The molecule has 0 radical (unpaired) electrons. The molecule has 0 aromatic carbocycles. The largest absolute Gasteiger partial charge is 0.479 e. The van der Waals surface area contributed by atoms with Crippen LogP contribution in [0.5, 0.6) is 0 Å². The number of hydrogen-bond donors (Lipinski definition) is 3. The van der Waals surface area contributed by atoms with Gasteiger partial charge >= 0.3 is 5.97 Å². The van der Waals surface area contributed by atoms with Crippen LogP contribution in [-0.4, -0.2) is 33.0 Å². The Bertz CT molecular complexity index is 707. The molecule has 2 fully saturated rings. The molecule has 0 saturated heterocycles. The van der Waals surface area contributed by atoms with Crippen LogP contribution < -0.4 is 0 Å². The molecule has 0 bridgehead atoms. The van der Waals surface area contributed by atoms with Crippen LogP contribution in [-0.2, 0) is 4.79 Å². The van der Waals surface area contributed by atoms with E-state index < -0.39 is 23.1 Å². The number of aliphatic carboxylic acids is 1. The summed E-state index contributed by atoms with van der Waals surface area (Å²) in [6.07, 6.45) is 9.07. The molecule has 2 saturated carbocycles. The lowest BCUT2D eigenvalue weighted by atomic mass is 9.47. The zero-order valence-corrected chi connectivity index (χ0v) is 15.0. The van der Waals surface area contributed by atoms with Crippen LogP contribution in [0.2, 0.25) is 0 Å². The molecule has 0 unspecified atom stereocenters. The van der Waals surface area contributed by atoms with Crippen molar-refractivity contribution in [2.45, 2.75) is 57.7 Å². The normalized spacial score (nSPS) is 51.4. The predicted molar refractivity (Wildman–Crippen MR) is 94.7 cm³/mol. The lowest BCUT2D eigenvalue weighted by Gasteiger charge is -2.58. The number of fused-ring (bicyclic) bond motifs is 5. The van der Waals surface area contributed by atoms with Gasteiger partial charge in [-0.2, -0.15) is 0 Å². The quantitative estimate of drug-likeness (QED) is 0.683. The number of rotatable bonds is 1. The van der Waals surface area contributed by atoms with Crippen LogP contribution in [0.4, 0.5) is 0 Å². The SMILES string of the molecule is C=C1C=C2C=C[C@@H]3[C@H]([C@@H](O)C[C@@]4(C)[C@H]3CC[C@]4(O)C(=O)O)[C@@]2(C)CC1. The van der Waals surface area contributed by atoms with Gasteiger partial charge in [-0.3, -0.25) is 0 Å². The summed E-state index contributed by atoms with van der Waals surface area (Å²) in [5.74, 6) is -0.882. The van der Waals surface area contributed by atoms with Crippen molar-refractivity contribution >= 4 is 5.97 Å². The maximum atomic E-state index is 11.8. The maximum absolute atomic E-state index is 11.8. The molecule has 7 atom stereocenters. The van der Waals surface area contributed by atoms with Gasteiger partial charge in [-0.15, -0.1) is 0 Å². The van der Waals surface area contributed by atoms with Crippen LogP contribution in [0.15, 0.2) is 36.0 Å². The summed E-state index contributed by atoms with van der Waals surface area (Å²) in [5, 5.41) is 31.7. The Hall–Kier alpha value is -1.39. The first-order valence-electron chi connectivity index (χ1n) is 9.35. The average molecular weight is 344 g/mol. The molecule has 4 aliphatic rings. The highest BCUT2D eigenvalue weighted by Gasteiger charge is 2.68. The molecule has 0 aromatic rings. The van der Waals surface area contributed by atoms with Gasteiger partial charge in [0.15, 0.2) is 5.60 Å². The monoisotopic (exact) mass is 344 g/mol. The van der Waals surface area contributed by atoms with Gasteiger partial charge in [0.1, 0.15) is 0 Å². The molecular weight excluding hydrogens is 316 g/mol. The van der Waals surface area contributed by atoms with E-state index in [0.717, 1.165) is 18.4 Å². The van der Waals surface area contributed by atoms with E-state index in [-0.39, 0.29) is 29.6 Å². The number of hydrogen-bond acceptors (Lipinski definition) is 3. The number of aliphatic hydroxyl groups excluding tert-OH is 1. The second-order valence-electron chi connectivity index (χ2n) is 9.14. The lowest BCUT2D eigenvalue weighted by Crippen LogP contribution is -2.60. The zero-order valence-electron chi connectivity index (χ0n) is 15.0. The zero-order chi connectivity index (χ0) is 18.2. The highest BCUT2D eigenvalue weighted by molar-refractivity contribution is 5.79. The van der Waals surface area contributed by atoms with Gasteiger partial charge in [0.25, 0.3) is 0 Å². The molecule has 25 heavy (non-hydrogen) atoms. The number of carboxylic acids is 1. The first-order chi connectivity index (χ1) is 11.6. The van der Waals surface area contributed by atoms with Gasteiger partial charge in [0.05, 0.1) is 6.10 Å². The number of aliphatic hydroxyl groups is 2. The van der Waals surface area contributed by atoms with Crippen molar-refractivity contribution in [1.29, 1.82) is 0 Å². The van der Waals surface area contributed by atoms with E-state index in [4.69, 9.17) is 0 Å². The summed E-state index contributed by atoms with van der Waals surface area (Å²) >= 11 is 0. The lowest BCUT2D eigenvalue weighted by molar-refractivity contribution is -0.188. The predicted octanol–water partition coefficient (Wildman–Crippen LogP) is 3.07. The molecular formula is C21H28O4. The number of carboxylic acid groups (broad SMARTS) is 1. The van der Waals surface area contributed by atoms with E-state index in [9.17, 15) is 20.1 Å². The van der Waals surface area contributed by atoms with Gasteiger partial charge in [0.2, 0.25) is 0 Å². The molecule has 0 heterocycles. The summed E-state index contributed by atoms with van der Waals surface area (Å²) in [4.78, 5) is 11.8. The van der Waals surface area contributed by atoms with Crippen molar-refractivity contribution in [2.24, 2.45) is 28.6 Å². The number of carbonyl (C=O) groups is 1. The minimum absolute atomic E-state index is 0.0751. The fourth-order valence-corrected chi connectivity index (χ4v) is 6.57. The third-order valence-corrected chi connectivity index (χ3v) is 8.08. The Morgan fingerprint density at radius 2 is 2.04 bits per heavy atom. The van der Waals surface area contributed by atoms with Crippen molar-refractivity contribution in [2.75, 3.05) is 0 Å². The second kappa shape index (κ2) is 5.08. The van der Waals surface area contributed by atoms with Crippen molar-refractivity contribution in [1.82, 2.24) is 0 Å². The molecule has 3 N–H and O–H groups in total. The van der Waals surface area contributed by atoms with Crippen molar-refractivity contribution in [3.8, 4) is 0 Å². The highest BCUT2D eigenvalue weighted by atomic mass is 16.4. The molecule has 4 heteroatoms. The first-order valence-corrected chi connectivity index (χ1v) is 9.35. The minimum atomic E-state index is -1.74. The van der Waals surface area contributed by atoms with Crippen molar-refractivity contribution in [3.05, 3.63) is 36.0 Å². The van der Waals surface area contributed by atoms with Crippen molar-refractivity contribution in [3.63, 3.8) is 0 Å². The fourth-order valence-electron chi connectivity index (χ4n) is 6.57. The number of allylic oxidation sites excluding steroid dienone is 5. The molecule has 4 nitrogen and oxygen atoms in total. The summed E-state index contributed by atoms with van der Waals surface area (Å²) in [7, 11) is 0. The maximum Gasteiger partial charge on any atom is 0.336 e. The van der Waals surface area contributed by atoms with Gasteiger partial charge < -0.3 is 15.3 Å². The Balaban J connectivity index is 1.80. The third kappa shape index (κ3) is 1.98. The van der Waals surface area contributed by atoms with Gasteiger partial charge in [-0.05, 0) is 54.9 Å². The second-order valence-corrected chi connectivity index (χ2v) is 9.14. The Kier molecular flexibility index (Phi) is 3.46. The van der Waals surface area contributed by atoms with Crippen LogP contribution in [0.25, 0.3) is 0 Å². The summed E-state index contributed by atoms with van der Waals surface area (Å²) in [5.41, 5.74) is -0.272. The van der Waals surface area contributed by atoms with Gasteiger partial charge in [-0.1, -0.05) is 44.2 Å². The van der Waals surface area contributed by atoms with E-state index in [1.165, 1.54) is 5.57 Å². The molecule has 0 amide bonds. The van der Waals surface area contributed by atoms with Crippen LogP contribution in [0.3, 0.4) is 0 Å². The molecule has 4 aliphatic carbocycles. The molecule has 136 valence electrons. The summed E-state index contributed by atoms with van der Waals surface area (Å²) in [6, 6.07) is 0. The van der Waals surface area contributed by atoms with E-state index in [2.05, 4.69) is 31.7 Å². The van der Waals surface area contributed by atoms with E-state index in [1.807, 2.05) is 6.92 Å². The standard InChI is InChI=1S/C21H28O4/c1-12-6-8-19(2)13(10-12)4-5-14-15-7-9-21(25,18(23)24)20(15,3)11-16(22)17(14)19/h4-5,10,14-17,22,25H,1,6-9,11H2,2-3H3,(H,23,24)/t14-,15-,16-,17+,19-,20-,21-/m0/s1. The molecule has 0 spiro atoms. The third-order valence-electron chi connectivity index (χ3n) is 8.08. The van der Waals surface area contributed by atoms with Crippen LogP contribution in [0.1, 0.15) is 46.0 Å². The van der Waals surface area contributed by atoms with E-state index in [1.54, 1.807) is 0 Å². The van der Waals surface area contributed by atoms with Gasteiger partial charge in [0, 0.05) is 11.3 Å². The Morgan fingerprint density at radius 1 is 1.32 bits per heavy atom. The van der Waals surface area contributed by atoms with Gasteiger partial charge in [-0.25, -0.2) is 4.79 Å². The molecule has 4 rings (SSSR count). The Morgan fingerprint density at radius 3 is 2.72 bits per heavy atom. The summed E-state index contributed by atoms with van der Waals surface area (Å²) in [6.45, 7) is 8.19. The first kappa shape index (κ1) is 17.0. The highest BCUT2D eigenvalue weighted by Crippen LogP contribution is 2.66. The average Bonchev–Trinajstić information content (AvgIpc) is 2.80. The smallest absolute Gasteiger partial charge is 0.336 e.